The van der Waals surface area contributed by atoms with Gasteiger partial charge in [-0.15, -0.1) is 0 Å². The lowest BCUT2D eigenvalue weighted by atomic mass is 9.87. The van der Waals surface area contributed by atoms with Crippen molar-refractivity contribution in [2.24, 2.45) is 5.92 Å². The molecule has 0 bridgehead atoms. The highest BCUT2D eigenvalue weighted by molar-refractivity contribution is 5.80. The summed E-state index contributed by atoms with van der Waals surface area (Å²) in [6.45, 7) is 0.345. The number of fused-ring (bicyclic) bond motifs is 1. The monoisotopic (exact) mass is 382 g/mol. The Labute approximate surface area is 163 Å². The van der Waals surface area contributed by atoms with E-state index in [0.717, 1.165) is 11.1 Å². The topological polar surface area (TPSA) is 67.2 Å². The summed E-state index contributed by atoms with van der Waals surface area (Å²) in [4.78, 5) is 24.7. The van der Waals surface area contributed by atoms with Gasteiger partial charge in [0.05, 0.1) is 6.20 Å². The Morgan fingerprint density at radius 1 is 1.25 bits per heavy atom. The van der Waals surface area contributed by atoms with Crippen molar-refractivity contribution in [3.05, 3.63) is 65.6 Å². The largest absolute Gasteiger partial charge is 0.360 e. The Balaban J connectivity index is 1.47. The SMILES string of the molecule is O=C1CCN(NC(=O)n2cc(Cc3ccccc3)cn2)C2=CCC[C@H](F)[C@H]2C1. The van der Waals surface area contributed by atoms with Gasteiger partial charge < -0.3 is 0 Å². The number of hydrazine groups is 1. The Morgan fingerprint density at radius 3 is 2.89 bits per heavy atom. The molecule has 2 aliphatic rings. The van der Waals surface area contributed by atoms with E-state index >= 15 is 0 Å². The predicted octanol–water partition coefficient (Wildman–Crippen LogP) is 3.24. The molecule has 0 radical (unpaired) electrons. The molecule has 1 aromatic carbocycles. The van der Waals surface area contributed by atoms with Gasteiger partial charge >= 0.3 is 6.03 Å². The van der Waals surface area contributed by atoms with Crippen molar-refractivity contribution in [2.45, 2.75) is 38.3 Å². The van der Waals surface area contributed by atoms with Crippen LogP contribution in [0.5, 0.6) is 0 Å². The fraction of sp³-hybridized carbons (Fsp3) is 0.381. The van der Waals surface area contributed by atoms with Gasteiger partial charge in [0.1, 0.15) is 12.0 Å². The van der Waals surface area contributed by atoms with Gasteiger partial charge in [-0.25, -0.2) is 14.6 Å². The number of allylic oxidation sites excluding steroid dienone is 2. The second kappa shape index (κ2) is 7.96. The first-order chi connectivity index (χ1) is 13.6. The fourth-order valence-corrected chi connectivity index (χ4v) is 3.87. The highest BCUT2D eigenvalue weighted by atomic mass is 19.1. The van der Waals surface area contributed by atoms with Crippen molar-refractivity contribution >= 4 is 11.8 Å². The molecule has 1 N–H and O–H groups in total. The first kappa shape index (κ1) is 18.4. The number of alkyl halides is 1. The minimum Gasteiger partial charge on any atom is -0.300 e. The molecular weight excluding hydrogens is 359 g/mol. The van der Waals surface area contributed by atoms with Gasteiger partial charge in [-0.1, -0.05) is 36.4 Å². The fourth-order valence-electron chi connectivity index (χ4n) is 3.87. The number of aromatic nitrogens is 2. The van der Waals surface area contributed by atoms with Crippen LogP contribution in [-0.2, 0) is 11.2 Å². The Hall–Kier alpha value is -2.96. The molecule has 0 spiro atoms. The highest BCUT2D eigenvalue weighted by Crippen LogP contribution is 2.34. The number of amides is 1. The number of nitrogens with one attached hydrogen (secondary N) is 1. The zero-order valence-electron chi connectivity index (χ0n) is 15.6. The second-order valence-corrected chi connectivity index (χ2v) is 7.35. The molecule has 2 heterocycles. The molecule has 146 valence electrons. The van der Waals surface area contributed by atoms with Crippen LogP contribution < -0.4 is 5.43 Å². The lowest BCUT2D eigenvalue weighted by Crippen LogP contribution is -2.46. The number of ketones is 1. The van der Waals surface area contributed by atoms with Crippen molar-refractivity contribution in [1.82, 2.24) is 20.2 Å². The average Bonchev–Trinajstić information content (AvgIpc) is 3.09. The van der Waals surface area contributed by atoms with E-state index in [-0.39, 0.29) is 12.2 Å². The van der Waals surface area contributed by atoms with E-state index in [0.29, 0.717) is 37.9 Å². The number of Topliss-reactive ketones (excluding diaryl/α,β-unsaturated/α-hetero) is 1. The molecule has 1 saturated heterocycles. The maximum absolute atomic E-state index is 14.4. The predicted molar refractivity (Wildman–Crippen MR) is 102 cm³/mol. The third-order valence-electron chi connectivity index (χ3n) is 5.31. The summed E-state index contributed by atoms with van der Waals surface area (Å²) in [5.41, 5.74) is 5.56. The summed E-state index contributed by atoms with van der Waals surface area (Å²) < 4.78 is 15.6. The number of rotatable bonds is 3. The molecular formula is C21H23FN4O2. The van der Waals surface area contributed by atoms with Crippen LogP contribution in [0.15, 0.2) is 54.5 Å². The molecule has 1 aliphatic carbocycles. The van der Waals surface area contributed by atoms with Gasteiger partial charge in [-0.3, -0.25) is 9.80 Å². The van der Waals surface area contributed by atoms with Gasteiger partial charge in [-0.2, -0.15) is 9.78 Å². The van der Waals surface area contributed by atoms with Gasteiger partial charge in [0.2, 0.25) is 0 Å². The smallest absolute Gasteiger partial charge is 0.300 e. The van der Waals surface area contributed by atoms with Crippen LogP contribution in [0.2, 0.25) is 0 Å². The normalized spacial score (nSPS) is 22.2. The van der Waals surface area contributed by atoms with Crippen LogP contribution in [0.1, 0.15) is 36.8 Å². The van der Waals surface area contributed by atoms with Crippen molar-refractivity contribution in [3.8, 4) is 0 Å². The molecule has 6 nitrogen and oxygen atoms in total. The minimum atomic E-state index is -1.05. The number of benzene rings is 1. The van der Waals surface area contributed by atoms with E-state index in [9.17, 15) is 14.0 Å². The van der Waals surface area contributed by atoms with E-state index in [2.05, 4.69) is 10.5 Å². The molecule has 28 heavy (non-hydrogen) atoms. The quantitative estimate of drug-likeness (QED) is 0.885. The van der Waals surface area contributed by atoms with Gasteiger partial charge in [-0.05, 0) is 24.0 Å². The third-order valence-corrected chi connectivity index (χ3v) is 5.31. The number of halogens is 1. The first-order valence-electron chi connectivity index (χ1n) is 9.62. The summed E-state index contributed by atoms with van der Waals surface area (Å²) in [5.74, 6) is -0.447. The van der Waals surface area contributed by atoms with Crippen molar-refractivity contribution in [2.75, 3.05) is 6.54 Å². The molecule has 1 fully saturated rings. The first-order valence-corrected chi connectivity index (χ1v) is 9.62. The molecule has 4 rings (SSSR count). The molecule has 0 unspecified atom stereocenters. The van der Waals surface area contributed by atoms with Crippen molar-refractivity contribution < 1.29 is 14.0 Å². The van der Waals surface area contributed by atoms with Crippen LogP contribution in [0.3, 0.4) is 0 Å². The maximum atomic E-state index is 14.4. The zero-order valence-corrected chi connectivity index (χ0v) is 15.6. The molecule has 1 aromatic heterocycles. The van der Waals surface area contributed by atoms with E-state index < -0.39 is 18.1 Å². The summed E-state index contributed by atoms with van der Waals surface area (Å²) >= 11 is 0. The van der Waals surface area contributed by atoms with Crippen LogP contribution in [0.25, 0.3) is 0 Å². The maximum Gasteiger partial charge on any atom is 0.360 e. The standard InChI is InChI=1S/C21H23FN4O2/c22-19-7-4-8-20-18(19)12-17(27)9-10-25(20)24-21(28)26-14-16(13-23-26)11-15-5-2-1-3-6-15/h1-3,5-6,8,13-14,18-19H,4,7,9-12H2,(H,24,28)/t18-,19+/m1/s1. The minimum absolute atomic E-state index is 0.0291. The van der Waals surface area contributed by atoms with Crippen molar-refractivity contribution in [1.29, 1.82) is 0 Å². The second-order valence-electron chi connectivity index (χ2n) is 7.35. The molecule has 2 atom stereocenters. The summed E-state index contributed by atoms with van der Waals surface area (Å²) in [7, 11) is 0. The van der Waals surface area contributed by atoms with E-state index in [1.807, 2.05) is 36.4 Å². The van der Waals surface area contributed by atoms with E-state index in [1.54, 1.807) is 17.4 Å². The average molecular weight is 382 g/mol. The Kier molecular flexibility index (Phi) is 5.23. The number of hydrogen-bond donors (Lipinski definition) is 1. The third kappa shape index (κ3) is 3.98. The molecule has 1 aliphatic heterocycles. The van der Waals surface area contributed by atoms with E-state index in [1.165, 1.54) is 4.68 Å². The van der Waals surface area contributed by atoms with Gasteiger partial charge in [0, 0.05) is 43.6 Å². The van der Waals surface area contributed by atoms with Crippen LogP contribution >= 0.6 is 0 Å². The summed E-state index contributed by atoms with van der Waals surface area (Å²) in [6.07, 6.45) is 6.44. The van der Waals surface area contributed by atoms with Gasteiger partial charge in [0.25, 0.3) is 0 Å². The lowest BCUT2D eigenvalue weighted by Gasteiger charge is -2.33. The van der Waals surface area contributed by atoms with Crippen LogP contribution in [0.4, 0.5) is 9.18 Å². The van der Waals surface area contributed by atoms with Crippen molar-refractivity contribution in [3.63, 3.8) is 0 Å². The zero-order chi connectivity index (χ0) is 19.5. The lowest BCUT2D eigenvalue weighted by molar-refractivity contribution is -0.119. The molecule has 1 amide bonds. The Bertz CT molecular complexity index is 893. The van der Waals surface area contributed by atoms with E-state index in [4.69, 9.17) is 0 Å². The molecule has 7 heteroatoms. The van der Waals surface area contributed by atoms with Gasteiger partial charge in [0.15, 0.2) is 0 Å². The molecule has 2 aromatic rings. The number of carbonyl (C=O) groups excluding carboxylic acids is 2. The van der Waals surface area contributed by atoms with Crippen LogP contribution in [0, 0.1) is 5.92 Å². The van der Waals surface area contributed by atoms with Crippen LogP contribution in [-0.4, -0.2) is 39.3 Å². The highest BCUT2D eigenvalue weighted by Gasteiger charge is 2.35. The summed E-state index contributed by atoms with van der Waals surface area (Å²) in [6, 6.07) is 9.53. The molecule has 0 saturated carbocycles. The summed E-state index contributed by atoms with van der Waals surface area (Å²) in [5, 5.41) is 5.78. The Morgan fingerprint density at radius 2 is 2.07 bits per heavy atom. The number of hydrogen-bond acceptors (Lipinski definition) is 4. The number of nitrogens with zero attached hydrogens (tertiary/aromatic N) is 3. The number of carbonyl (C=O) groups is 2.